The number of rotatable bonds is 6. The molecule has 0 aromatic heterocycles. The van der Waals surface area contributed by atoms with Crippen molar-refractivity contribution in [3.8, 4) is 17.2 Å². The Morgan fingerprint density at radius 1 is 0.895 bits per heavy atom. The summed E-state index contributed by atoms with van der Waals surface area (Å²) >= 11 is 0. The minimum absolute atomic E-state index is 0.0876. The first kappa shape index (κ1) is 13.1. The number of ether oxygens (including phenoxy) is 2. The van der Waals surface area contributed by atoms with E-state index < -0.39 is 0 Å². The number of hydrogen-bond donors (Lipinski definition) is 0. The second kappa shape index (κ2) is 6.59. The van der Waals surface area contributed by atoms with Gasteiger partial charge in [0.25, 0.3) is 0 Å². The zero-order valence-electron chi connectivity index (χ0n) is 10.8. The minimum atomic E-state index is 0.0876. The number of carbonyl (C=O) groups is 1. The van der Waals surface area contributed by atoms with Crippen LogP contribution in [0.25, 0.3) is 0 Å². The SMILES string of the molecule is CCC(=O)COc1ccc(Oc2ccccc2)cc1. The highest BCUT2D eigenvalue weighted by Crippen LogP contribution is 2.23. The second-order valence-electron chi connectivity index (χ2n) is 4.07. The molecular formula is C16H16O3. The van der Waals surface area contributed by atoms with Gasteiger partial charge in [-0.25, -0.2) is 0 Å². The number of ketones is 1. The molecule has 0 saturated carbocycles. The molecule has 0 fully saturated rings. The van der Waals surface area contributed by atoms with E-state index in [9.17, 15) is 4.79 Å². The van der Waals surface area contributed by atoms with Crippen LogP contribution in [0.2, 0.25) is 0 Å². The van der Waals surface area contributed by atoms with Gasteiger partial charge in [-0.3, -0.25) is 4.79 Å². The summed E-state index contributed by atoms with van der Waals surface area (Å²) in [5, 5.41) is 0. The number of para-hydroxylation sites is 1. The molecule has 0 bridgehead atoms. The number of benzene rings is 2. The third kappa shape index (κ3) is 4.14. The molecule has 0 radical (unpaired) electrons. The van der Waals surface area contributed by atoms with Gasteiger partial charge in [0.2, 0.25) is 0 Å². The Hall–Kier alpha value is -2.29. The second-order valence-corrected chi connectivity index (χ2v) is 4.07. The van der Waals surface area contributed by atoms with Gasteiger partial charge in [0.05, 0.1) is 0 Å². The average molecular weight is 256 g/mol. The lowest BCUT2D eigenvalue weighted by atomic mass is 10.3. The van der Waals surface area contributed by atoms with Gasteiger partial charge in [0.15, 0.2) is 5.78 Å². The molecule has 0 aliphatic carbocycles. The van der Waals surface area contributed by atoms with Gasteiger partial charge in [-0.1, -0.05) is 25.1 Å². The van der Waals surface area contributed by atoms with E-state index in [2.05, 4.69) is 0 Å². The summed E-state index contributed by atoms with van der Waals surface area (Å²) in [6.45, 7) is 1.94. The molecule has 2 rings (SSSR count). The summed E-state index contributed by atoms with van der Waals surface area (Å²) in [5.41, 5.74) is 0. The maximum Gasteiger partial charge on any atom is 0.169 e. The molecule has 0 aliphatic heterocycles. The summed E-state index contributed by atoms with van der Waals surface area (Å²) in [5.74, 6) is 2.28. The fourth-order valence-electron chi connectivity index (χ4n) is 1.49. The molecule has 2 aromatic rings. The van der Waals surface area contributed by atoms with Crippen molar-refractivity contribution >= 4 is 5.78 Å². The van der Waals surface area contributed by atoms with Crippen molar-refractivity contribution in [3.63, 3.8) is 0 Å². The molecule has 19 heavy (non-hydrogen) atoms. The van der Waals surface area contributed by atoms with E-state index >= 15 is 0 Å². The Morgan fingerprint density at radius 3 is 2.11 bits per heavy atom. The van der Waals surface area contributed by atoms with Gasteiger partial charge >= 0.3 is 0 Å². The quantitative estimate of drug-likeness (QED) is 0.787. The third-order valence-electron chi connectivity index (χ3n) is 2.60. The minimum Gasteiger partial charge on any atom is -0.486 e. The Labute approximate surface area is 112 Å². The summed E-state index contributed by atoms with van der Waals surface area (Å²) in [4.78, 5) is 11.1. The molecule has 0 amide bonds. The smallest absolute Gasteiger partial charge is 0.169 e. The molecule has 0 atom stereocenters. The Bertz CT molecular complexity index is 517. The molecule has 3 nitrogen and oxygen atoms in total. The molecule has 0 N–H and O–H groups in total. The lowest BCUT2D eigenvalue weighted by molar-refractivity contribution is -0.120. The van der Waals surface area contributed by atoms with Crippen LogP contribution in [0.4, 0.5) is 0 Å². The van der Waals surface area contributed by atoms with Crippen LogP contribution in [0, 0.1) is 0 Å². The average Bonchev–Trinajstić information content (AvgIpc) is 2.47. The fraction of sp³-hybridized carbons (Fsp3) is 0.188. The predicted octanol–water partition coefficient (Wildman–Crippen LogP) is 3.84. The zero-order chi connectivity index (χ0) is 13.5. The molecule has 0 aliphatic rings. The highest BCUT2D eigenvalue weighted by atomic mass is 16.5. The van der Waals surface area contributed by atoms with Gasteiger partial charge < -0.3 is 9.47 Å². The van der Waals surface area contributed by atoms with E-state index in [0.29, 0.717) is 12.2 Å². The van der Waals surface area contributed by atoms with Gasteiger partial charge in [-0.05, 0) is 36.4 Å². The van der Waals surface area contributed by atoms with Crippen LogP contribution in [0.3, 0.4) is 0 Å². The first-order valence-electron chi connectivity index (χ1n) is 6.25. The Morgan fingerprint density at radius 2 is 1.47 bits per heavy atom. The van der Waals surface area contributed by atoms with Crippen molar-refractivity contribution in [1.82, 2.24) is 0 Å². The lowest BCUT2D eigenvalue weighted by Crippen LogP contribution is -2.09. The number of Topliss-reactive ketones (excluding diaryl/α,β-unsaturated/α-hetero) is 1. The van der Waals surface area contributed by atoms with Crippen LogP contribution in [-0.2, 0) is 4.79 Å². The van der Waals surface area contributed by atoms with E-state index in [0.717, 1.165) is 11.5 Å². The highest BCUT2D eigenvalue weighted by molar-refractivity contribution is 5.79. The van der Waals surface area contributed by atoms with Crippen molar-refractivity contribution in [1.29, 1.82) is 0 Å². The van der Waals surface area contributed by atoms with Gasteiger partial charge in [0.1, 0.15) is 23.9 Å². The Balaban J connectivity index is 1.93. The summed E-state index contributed by atoms with van der Waals surface area (Å²) in [7, 11) is 0. The van der Waals surface area contributed by atoms with Gasteiger partial charge in [-0.15, -0.1) is 0 Å². The van der Waals surface area contributed by atoms with E-state index in [4.69, 9.17) is 9.47 Å². The van der Waals surface area contributed by atoms with Crippen LogP contribution in [-0.4, -0.2) is 12.4 Å². The highest BCUT2D eigenvalue weighted by Gasteiger charge is 2.01. The van der Waals surface area contributed by atoms with Gasteiger partial charge in [-0.2, -0.15) is 0 Å². The predicted molar refractivity (Wildman–Crippen MR) is 73.8 cm³/mol. The summed E-state index contributed by atoms with van der Waals surface area (Å²) < 4.78 is 11.0. The largest absolute Gasteiger partial charge is 0.486 e. The first-order valence-corrected chi connectivity index (χ1v) is 6.25. The summed E-state index contributed by atoms with van der Waals surface area (Å²) in [6.07, 6.45) is 0.495. The molecule has 2 aromatic carbocycles. The lowest BCUT2D eigenvalue weighted by Gasteiger charge is -2.07. The molecule has 0 heterocycles. The van der Waals surface area contributed by atoms with Crippen molar-refractivity contribution in [2.75, 3.05) is 6.61 Å². The standard InChI is InChI=1S/C16H16O3/c1-2-13(17)12-18-14-8-10-16(11-9-14)19-15-6-4-3-5-7-15/h3-11H,2,12H2,1H3. The van der Waals surface area contributed by atoms with Crippen LogP contribution >= 0.6 is 0 Å². The normalized spacial score (nSPS) is 9.95. The maximum absolute atomic E-state index is 11.1. The molecule has 98 valence electrons. The van der Waals surface area contributed by atoms with Crippen LogP contribution in [0.1, 0.15) is 13.3 Å². The van der Waals surface area contributed by atoms with Crippen LogP contribution in [0.15, 0.2) is 54.6 Å². The zero-order valence-corrected chi connectivity index (χ0v) is 10.8. The first-order chi connectivity index (χ1) is 9.28. The van der Waals surface area contributed by atoms with Crippen molar-refractivity contribution in [3.05, 3.63) is 54.6 Å². The van der Waals surface area contributed by atoms with E-state index in [1.165, 1.54) is 0 Å². The van der Waals surface area contributed by atoms with Crippen LogP contribution in [0.5, 0.6) is 17.2 Å². The van der Waals surface area contributed by atoms with Gasteiger partial charge in [0, 0.05) is 6.42 Å². The van der Waals surface area contributed by atoms with Crippen molar-refractivity contribution in [2.45, 2.75) is 13.3 Å². The summed E-state index contributed by atoms with van der Waals surface area (Å²) in [6, 6.07) is 16.8. The maximum atomic E-state index is 11.1. The van der Waals surface area contributed by atoms with Crippen LogP contribution < -0.4 is 9.47 Å². The third-order valence-corrected chi connectivity index (χ3v) is 2.60. The number of carbonyl (C=O) groups excluding carboxylic acids is 1. The molecule has 0 saturated heterocycles. The van der Waals surface area contributed by atoms with Crippen molar-refractivity contribution in [2.24, 2.45) is 0 Å². The van der Waals surface area contributed by atoms with E-state index in [1.807, 2.05) is 49.4 Å². The molecule has 0 unspecified atom stereocenters. The molecule has 3 heteroatoms. The van der Waals surface area contributed by atoms with Crippen molar-refractivity contribution < 1.29 is 14.3 Å². The van der Waals surface area contributed by atoms with E-state index in [1.54, 1.807) is 12.1 Å². The molecule has 0 spiro atoms. The molecular weight excluding hydrogens is 240 g/mol. The fourth-order valence-corrected chi connectivity index (χ4v) is 1.49. The monoisotopic (exact) mass is 256 g/mol. The Kier molecular flexibility index (Phi) is 4.56. The number of hydrogen-bond acceptors (Lipinski definition) is 3. The van der Waals surface area contributed by atoms with E-state index in [-0.39, 0.29) is 12.4 Å². The topological polar surface area (TPSA) is 35.5 Å².